The van der Waals surface area contributed by atoms with E-state index in [1.165, 1.54) is 6.07 Å². The Labute approximate surface area is 77.1 Å². The van der Waals surface area contributed by atoms with Gasteiger partial charge in [0.2, 0.25) is 5.95 Å². The van der Waals surface area contributed by atoms with Gasteiger partial charge in [0.15, 0.2) is 0 Å². The number of pyridine rings is 1. The molecule has 0 saturated heterocycles. The van der Waals surface area contributed by atoms with Crippen LogP contribution in [0.2, 0.25) is 0 Å². The van der Waals surface area contributed by atoms with E-state index >= 15 is 0 Å². The Hall–Kier alpha value is -1.16. The normalized spacial score (nSPS) is 10.1. The number of nitrogens with zero attached hydrogens (tertiary/aromatic N) is 2. The summed E-state index contributed by atoms with van der Waals surface area (Å²) in [5.41, 5.74) is 0. The fraction of sp³-hybridized carbons (Fsp3) is 0.444. The first-order valence-electron chi connectivity index (χ1n) is 4.06. The van der Waals surface area contributed by atoms with Crippen LogP contribution in [0, 0.1) is 5.95 Å². The van der Waals surface area contributed by atoms with Crippen molar-refractivity contribution in [1.82, 2.24) is 4.98 Å². The number of hydrogen-bond acceptors (Lipinski definition) is 3. The second kappa shape index (κ2) is 4.77. The van der Waals surface area contributed by atoms with Crippen molar-refractivity contribution in [2.45, 2.75) is 0 Å². The third-order valence-corrected chi connectivity index (χ3v) is 1.72. The third-order valence-electron chi connectivity index (χ3n) is 1.72. The molecule has 0 N–H and O–H groups in total. The quantitative estimate of drug-likeness (QED) is 0.659. The van der Waals surface area contributed by atoms with Crippen LogP contribution in [0.25, 0.3) is 0 Å². The number of aromatic nitrogens is 1. The number of anilines is 1. The van der Waals surface area contributed by atoms with Gasteiger partial charge in [0, 0.05) is 20.7 Å². The highest BCUT2D eigenvalue weighted by Gasteiger charge is 2.01. The second-order valence-electron chi connectivity index (χ2n) is 2.73. The molecule has 4 heteroatoms. The van der Waals surface area contributed by atoms with E-state index in [9.17, 15) is 4.39 Å². The molecule has 72 valence electrons. The van der Waals surface area contributed by atoms with Crippen LogP contribution in [0.15, 0.2) is 18.2 Å². The molecule has 0 unspecified atom stereocenters. The van der Waals surface area contributed by atoms with Gasteiger partial charge in [-0.25, -0.2) is 4.98 Å². The van der Waals surface area contributed by atoms with Crippen molar-refractivity contribution in [2.75, 3.05) is 32.2 Å². The Morgan fingerprint density at radius 2 is 2.31 bits per heavy atom. The summed E-state index contributed by atoms with van der Waals surface area (Å²) in [6.45, 7) is 1.31. The molecule has 1 aromatic rings. The minimum Gasteiger partial charge on any atom is -0.383 e. The van der Waals surface area contributed by atoms with Crippen molar-refractivity contribution in [3.63, 3.8) is 0 Å². The molecule has 0 aliphatic carbocycles. The van der Waals surface area contributed by atoms with Crippen LogP contribution in [0.3, 0.4) is 0 Å². The van der Waals surface area contributed by atoms with Crippen molar-refractivity contribution in [1.29, 1.82) is 0 Å². The lowest BCUT2D eigenvalue weighted by Gasteiger charge is -2.16. The Morgan fingerprint density at radius 3 is 2.92 bits per heavy atom. The summed E-state index contributed by atoms with van der Waals surface area (Å²) in [5, 5.41) is 0. The number of rotatable bonds is 4. The topological polar surface area (TPSA) is 25.4 Å². The lowest BCUT2D eigenvalue weighted by atomic mass is 10.4. The molecule has 13 heavy (non-hydrogen) atoms. The van der Waals surface area contributed by atoms with Gasteiger partial charge >= 0.3 is 0 Å². The van der Waals surface area contributed by atoms with Crippen LogP contribution in [-0.4, -0.2) is 32.3 Å². The first-order valence-corrected chi connectivity index (χ1v) is 4.06. The molecular formula is C9H13FN2O. The van der Waals surface area contributed by atoms with E-state index in [4.69, 9.17) is 4.74 Å². The van der Waals surface area contributed by atoms with Crippen molar-refractivity contribution >= 4 is 5.82 Å². The Balaban J connectivity index is 2.60. The predicted molar refractivity (Wildman–Crippen MR) is 49.3 cm³/mol. The molecule has 0 atom stereocenters. The summed E-state index contributed by atoms with van der Waals surface area (Å²) in [6, 6.07) is 4.73. The molecule has 0 saturated carbocycles. The highest BCUT2D eigenvalue weighted by Crippen LogP contribution is 2.07. The molecule has 0 bridgehead atoms. The van der Waals surface area contributed by atoms with E-state index in [-0.39, 0.29) is 0 Å². The molecule has 0 fully saturated rings. The molecule has 1 aromatic heterocycles. The molecule has 0 aliphatic rings. The van der Waals surface area contributed by atoms with Gasteiger partial charge in [0.25, 0.3) is 0 Å². The molecule has 0 amide bonds. The van der Waals surface area contributed by atoms with E-state index in [0.29, 0.717) is 19.0 Å². The Bertz CT molecular complexity index is 268. The van der Waals surface area contributed by atoms with Crippen LogP contribution < -0.4 is 4.90 Å². The lowest BCUT2D eigenvalue weighted by molar-refractivity contribution is 0.206. The Kier molecular flexibility index (Phi) is 3.64. The van der Waals surface area contributed by atoms with Crippen LogP contribution in [0.5, 0.6) is 0 Å². The monoisotopic (exact) mass is 184 g/mol. The van der Waals surface area contributed by atoms with Crippen LogP contribution in [0.4, 0.5) is 10.2 Å². The predicted octanol–water partition coefficient (Wildman–Crippen LogP) is 1.30. The highest BCUT2D eigenvalue weighted by molar-refractivity contribution is 5.36. The van der Waals surface area contributed by atoms with Gasteiger partial charge in [-0.3, -0.25) is 0 Å². The summed E-state index contributed by atoms with van der Waals surface area (Å²) in [4.78, 5) is 5.57. The zero-order chi connectivity index (χ0) is 9.68. The van der Waals surface area contributed by atoms with Gasteiger partial charge in [-0.15, -0.1) is 0 Å². The third kappa shape index (κ3) is 2.99. The van der Waals surface area contributed by atoms with Crippen LogP contribution in [-0.2, 0) is 4.74 Å². The molecule has 0 aliphatic heterocycles. The highest BCUT2D eigenvalue weighted by atomic mass is 19.1. The SMILES string of the molecule is COCCN(C)c1cccc(F)n1. The maximum Gasteiger partial charge on any atom is 0.214 e. The maximum atomic E-state index is 12.7. The number of methoxy groups -OCH3 is 1. The summed E-state index contributed by atoms with van der Waals surface area (Å²) in [5.74, 6) is 0.166. The minimum atomic E-state index is -0.457. The van der Waals surface area contributed by atoms with Gasteiger partial charge in [-0.1, -0.05) is 6.07 Å². The summed E-state index contributed by atoms with van der Waals surface area (Å²) in [6.07, 6.45) is 0. The average molecular weight is 184 g/mol. The van der Waals surface area contributed by atoms with Crippen molar-refractivity contribution in [3.8, 4) is 0 Å². The summed E-state index contributed by atoms with van der Waals surface area (Å²) >= 11 is 0. The number of halogens is 1. The van der Waals surface area contributed by atoms with Crippen LogP contribution in [0.1, 0.15) is 0 Å². The van der Waals surface area contributed by atoms with Gasteiger partial charge in [-0.05, 0) is 12.1 Å². The van der Waals surface area contributed by atoms with E-state index in [1.54, 1.807) is 19.2 Å². The molecule has 1 heterocycles. The molecule has 1 rings (SSSR count). The van der Waals surface area contributed by atoms with Gasteiger partial charge in [0.05, 0.1) is 6.61 Å². The van der Waals surface area contributed by atoms with Gasteiger partial charge < -0.3 is 9.64 Å². The van der Waals surface area contributed by atoms with Gasteiger partial charge in [-0.2, -0.15) is 4.39 Å². The largest absolute Gasteiger partial charge is 0.383 e. The fourth-order valence-corrected chi connectivity index (χ4v) is 0.953. The van der Waals surface area contributed by atoms with E-state index in [0.717, 1.165) is 0 Å². The molecule has 0 radical (unpaired) electrons. The smallest absolute Gasteiger partial charge is 0.214 e. The van der Waals surface area contributed by atoms with Crippen molar-refractivity contribution in [2.24, 2.45) is 0 Å². The first kappa shape index (κ1) is 9.92. The molecule has 0 spiro atoms. The zero-order valence-corrected chi connectivity index (χ0v) is 7.83. The summed E-state index contributed by atoms with van der Waals surface area (Å²) < 4.78 is 17.6. The van der Waals surface area contributed by atoms with E-state index < -0.39 is 5.95 Å². The standard InChI is InChI=1S/C9H13FN2O/c1-12(6-7-13-2)9-5-3-4-8(10)11-9/h3-5H,6-7H2,1-2H3. The molecular weight excluding hydrogens is 171 g/mol. The number of hydrogen-bond donors (Lipinski definition) is 0. The Morgan fingerprint density at radius 1 is 1.54 bits per heavy atom. The molecule has 0 aromatic carbocycles. The van der Waals surface area contributed by atoms with Crippen molar-refractivity contribution in [3.05, 3.63) is 24.1 Å². The van der Waals surface area contributed by atoms with Gasteiger partial charge in [0.1, 0.15) is 5.82 Å². The average Bonchev–Trinajstić information content (AvgIpc) is 2.14. The maximum absolute atomic E-state index is 12.7. The number of likely N-dealkylation sites (N-methyl/N-ethyl adjacent to an activating group) is 1. The fourth-order valence-electron chi connectivity index (χ4n) is 0.953. The molecule has 3 nitrogen and oxygen atoms in total. The summed E-state index contributed by atoms with van der Waals surface area (Å²) in [7, 11) is 3.48. The van der Waals surface area contributed by atoms with E-state index in [2.05, 4.69) is 4.98 Å². The lowest BCUT2D eigenvalue weighted by Crippen LogP contribution is -2.23. The zero-order valence-electron chi connectivity index (χ0n) is 7.83. The number of ether oxygens (including phenoxy) is 1. The van der Waals surface area contributed by atoms with E-state index in [1.807, 2.05) is 11.9 Å². The van der Waals surface area contributed by atoms with Crippen LogP contribution >= 0.6 is 0 Å². The first-order chi connectivity index (χ1) is 6.24. The van der Waals surface area contributed by atoms with Crippen molar-refractivity contribution < 1.29 is 9.13 Å². The second-order valence-corrected chi connectivity index (χ2v) is 2.73. The minimum absolute atomic E-state index is 0.457.